The molecule has 2 rings (SSSR count). The topological polar surface area (TPSA) is 51.8 Å². The number of anilines is 1. The number of aromatic nitrogens is 2. The third-order valence-corrected chi connectivity index (χ3v) is 4.22. The highest BCUT2D eigenvalue weighted by Crippen LogP contribution is 2.34. The normalized spacial score (nSPS) is 11.8. The fourth-order valence-corrected chi connectivity index (χ4v) is 2.97. The van der Waals surface area contributed by atoms with Crippen molar-refractivity contribution in [2.75, 3.05) is 5.73 Å². The second-order valence-electron chi connectivity index (χ2n) is 3.47. The lowest BCUT2D eigenvalue weighted by molar-refractivity contribution is -0.137. The van der Waals surface area contributed by atoms with Gasteiger partial charge >= 0.3 is 6.18 Å². The van der Waals surface area contributed by atoms with Crippen LogP contribution in [0.1, 0.15) is 11.3 Å². The SMILES string of the molecule is Nc1nc(CSc2ncc(C(F)(F)F)cc2Cl)cs1. The summed E-state index contributed by atoms with van der Waals surface area (Å²) in [5, 5.41) is 2.53. The first kappa shape index (κ1) is 14.4. The van der Waals surface area contributed by atoms with Gasteiger partial charge in [0.2, 0.25) is 0 Å². The zero-order chi connectivity index (χ0) is 14.0. The highest BCUT2D eigenvalue weighted by atomic mass is 35.5. The van der Waals surface area contributed by atoms with Gasteiger partial charge in [0.05, 0.1) is 16.3 Å². The molecule has 0 aromatic carbocycles. The minimum absolute atomic E-state index is 0.0250. The predicted octanol–water partition coefficient (Wildman–Crippen LogP) is 4.08. The Morgan fingerprint density at radius 3 is 2.68 bits per heavy atom. The smallest absolute Gasteiger partial charge is 0.375 e. The third-order valence-electron chi connectivity index (χ3n) is 2.06. The van der Waals surface area contributed by atoms with E-state index >= 15 is 0 Å². The molecular weight excluding hydrogens is 319 g/mol. The number of pyridine rings is 1. The summed E-state index contributed by atoms with van der Waals surface area (Å²) in [7, 11) is 0. The van der Waals surface area contributed by atoms with E-state index in [0.29, 0.717) is 15.9 Å². The molecule has 0 atom stereocenters. The molecule has 2 aromatic heterocycles. The maximum absolute atomic E-state index is 12.4. The van der Waals surface area contributed by atoms with Crippen molar-refractivity contribution in [1.82, 2.24) is 9.97 Å². The zero-order valence-corrected chi connectivity index (χ0v) is 11.6. The summed E-state index contributed by atoms with van der Waals surface area (Å²) in [5.74, 6) is 0.450. The van der Waals surface area contributed by atoms with Crippen molar-refractivity contribution in [2.45, 2.75) is 17.0 Å². The van der Waals surface area contributed by atoms with Crippen LogP contribution < -0.4 is 5.73 Å². The molecule has 102 valence electrons. The molecule has 0 aliphatic rings. The van der Waals surface area contributed by atoms with Gasteiger partial charge in [0.1, 0.15) is 5.03 Å². The molecule has 0 saturated carbocycles. The molecular formula is C10H7ClF3N3S2. The number of alkyl halides is 3. The minimum Gasteiger partial charge on any atom is -0.375 e. The van der Waals surface area contributed by atoms with Gasteiger partial charge in [-0.1, -0.05) is 23.4 Å². The largest absolute Gasteiger partial charge is 0.417 e. The van der Waals surface area contributed by atoms with Crippen molar-refractivity contribution >= 4 is 39.8 Å². The van der Waals surface area contributed by atoms with Crippen LogP contribution in [0.2, 0.25) is 5.02 Å². The lowest BCUT2D eigenvalue weighted by Crippen LogP contribution is -2.05. The van der Waals surface area contributed by atoms with Crippen LogP contribution in [0.25, 0.3) is 0 Å². The molecule has 2 heterocycles. The second-order valence-corrected chi connectivity index (χ2v) is 5.74. The summed E-state index contributed by atoms with van der Waals surface area (Å²) in [4.78, 5) is 7.76. The Morgan fingerprint density at radius 2 is 2.16 bits per heavy atom. The molecule has 0 aliphatic carbocycles. The molecule has 0 amide bonds. The first-order chi connectivity index (χ1) is 8.86. The number of hydrogen-bond donors (Lipinski definition) is 1. The lowest BCUT2D eigenvalue weighted by atomic mass is 10.3. The molecule has 0 bridgehead atoms. The highest BCUT2D eigenvalue weighted by Gasteiger charge is 2.31. The molecule has 19 heavy (non-hydrogen) atoms. The summed E-state index contributed by atoms with van der Waals surface area (Å²) in [5.41, 5.74) is 5.36. The van der Waals surface area contributed by atoms with Gasteiger partial charge in [0, 0.05) is 17.3 Å². The molecule has 0 aliphatic heterocycles. The standard InChI is InChI=1S/C10H7ClF3N3S2/c11-7-1-5(10(12,13)14)2-16-8(7)18-3-6-4-19-9(15)17-6/h1-2,4H,3H2,(H2,15,17). The Balaban J connectivity index is 2.09. The minimum atomic E-state index is -4.44. The Hall–Kier alpha value is -0.990. The summed E-state index contributed by atoms with van der Waals surface area (Å²) in [6.07, 6.45) is -3.67. The van der Waals surface area contributed by atoms with E-state index in [9.17, 15) is 13.2 Å². The van der Waals surface area contributed by atoms with Crippen LogP contribution in [-0.4, -0.2) is 9.97 Å². The van der Waals surface area contributed by atoms with E-state index in [1.807, 2.05) is 0 Å². The first-order valence-electron chi connectivity index (χ1n) is 4.91. The van der Waals surface area contributed by atoms with E-state index in [1.165, 1.54) is 23.1 Å². The van der Waals surface area contributed by atoms with Crippen LogP contribution in [0, 0.1) is 0 Å². The monoisotopic (exact) mass is 325 g/mol. The van der Waals surface area contributed by atoms with E-state index in [0.717, 1.165) is 18.0 Å². The number of nitrogen functional groups attached to an aromatic ring is 1. The van der Waals surface area contributed by atoms with Gasteiger partial charge in [-0.05, 0) is 6.07 Å². The van der Waals surface area contributed by atoms with E-state index in [1.54, 1.807) is 5.38 Å². The number of hydrogen-bond acceptors (Lipinski definition) is 5. The van der Waals surface area contributed by atoms with Crippen LogP contribution >= 0.6 is 34.7 Å². The lowest BCUT2D eigenvalue weighted by Gasteiger charge is -2.08. The molecule has 0 unspecified atom stereocenters. The van der Waals surface area contributed by atoms with Gasteiger partial charge in [-0.3, -0.25) is 0 Å². The molecule has 0 saturated heterocycles. The fourth-order valence-electron chi connectivity index (χ4n) is 1.22. The Labute approximate surface area is 120 Å². The van der Waals surface area contributed by atoms with Gasteiger partial charge < -0.3 is 5.73 Å². The van der Waals surface area contributed by atoms with Gasteiger partial charge in [0.15, 0.2) is 5.13 Å². The van der Waals surface area contributed by atoms with Crippen molar-refractivity contribution in [3.8, 4) is 0 Å². The van der Waals surface area contributed by atoms with Crippen LogP contribution in [0.5, 0.6) is 0 Å². The van der Waals surface area contributed by atoms with Gasteiger partial charge in [-0.2, -0.15) is 13.2 Å². The van der Waals surface area contributed by atoms with Crippen LogP contribution in [0.4, 0.5) is 18.3 Å². The maximum Gasteiger partial charge on any atom is 0.417 e. The number of halogens is 4. The average Bonchev–Trinajstić information content (AvgIpc) is 2.72. The first-order valence-corrected chi connectivity index (χ1v) is 7.16. The quantitative estimate of drug-likeness (QED) is 0.864. The molecule has 9 heteroatoms. The highest BCUT2D eigenvalue weighted by molar-refractivity contribution is 7.98. The van der Waals surface area contributed by atoms with Gasteiger partial charge in [-0.15, -0.1) is 11.3 Å². The number of nitrogens with two attached hydrogens (primary N) is 1. The summed E-state index contributed by atoms with van der Waals surface area (Å²) >= 11 is 8.29. The molecule has 2 aromatic rings. The second kappa shape index (κ2) is 5.56. The summed E-state index contributed by atoms with van der Waals surface area (Å²) < 4.78 is 37.3. The Bertz CT molecular complexity index is 586. The number of thioether (sulfide) groups is 1. The van der Waals surface area contributed by atoms with Crippen molar-refractivity contribution in [3.05, 3.63) is 33.9 Å². The van der Waals surface area contributed by atoms with Crippen LogP contribution in [0.15, 0.2) is 22.7 Å². The van der Waals surface area contributed by atoms with E-state index in [2.05, 4.69) is 9.97 Å². The van der Waals surface area contributed by atoms with Gasteiger partial charge in [0.25, 0.3) is 0 Å². The molecule has 0 spiro atoms. The molecule has 0 fully saturated rings. The number of rotatable bonds is 3. The zero-order valence-electron chi connectivity index (χ0n) is 9.24. The molecule has 3 nitrogen and oxygen atoms in total. The van der Waals surface area contributed by atoms with Crippen molar-refractivity contribution in [3.63, 3.8) is 0 Å². The number of nitrogens with zero attached hydrogens (tertiary/aromatic N) is 2. The van der Waals surface area contributed by atoms with E-state index in [4.69, 9.17) is 17.3 Å². The number of thiazole rings is 1. The Kier molecular flexibility index (Phi) is 4.22. The fraction of sp³-hybridized carbons (Fsp3) is 0.200. The molecule has 0 radical (unpaired) electrons. The summed E-state index contributed by atoms with van der Waals surface area (Å²) in [6.45, 7) is 0. The predicted molar refractivity (Wildman–Crippen MR) is 70.3 cm³/mol. The van der Waals surface area contributed by atoms with Crippen molar-refractivity contribution < 1.29 is 13.2 Å². The van der Waals surface area contributed by atoms with E-state index < -0.39 is 11.7 Å². The van der Waals surface area contributed by atoms with Crippen LogP contribution in [-0.2, 0) is 11.9 Å². The maximum atomic E-state index is 12.4. The van der Waals surface area contributed by atoms with Crippen LogP contribution in [0.3, 0.4) is 0 Å². The summed E-state index contributed by atoms with van der Waals surface area (Å²) in [6, 6.07) is 0.867. The Morgan fingerprint density at radius 1 is 1.42 bits per heavy atom. The van der Waals surface area contributed by atoms with Crippen molar-refractivity contribution in [2.24, 2.45) is 0 Å². The van der Waals surface area contributed by atoms with Crippen molar-refractivity contribution in [1.29, 1.82) is 0 Å². The average molecular weight is 326 g/mol. The molecule has 2 N–H and O–H groups in total. The third kappa shape index (κ3) is 3.74. The van der Waals surface area contributed by atoms with Gasteiger partial charge in [-0.25, -0.2) is 9.97 Å². The van der Waals surface area contributed by atoms with E-state index in [-0.39, 0.29) is 5.02 Å².